The molecule has 0 atom stereocenters. The summed E-state index contributed by atoms with van der Waals surface area (Å²) in [5, 5.41) is 16.0. The number of ether oxygens (including phenoxy) is 1. The Labute approximate surface area is 149 Å². The Morgan fingerprint density at radius 3 is 2.68 bits per heavy atom. The van der Waals surface area contributed by atoms with Crippen molar-refractivity contribution in [2.75, 3.05) is 26.2 Å². The van der Waals surface area contributed by atoms with E-state index in [9.17, 15) is 5.11 Å². The van der Waals surface area contributed by atoms with E-state index in [-0.39, 0.29) is 0 Å². The molecule has 25 heavy (non-hydrogen) atoms. The minimum Gasteiger partial charge on any atom is -0.508 e. The molecule has 0 aromatic heterocycles. The Morgan fingerprint density at radius 1 is 1.08 bits per heavy atom. The van der Waals surface area contributed by atoms with Gasteiger partial charge in [-0.15, -0.1) is 0 Å². The second-order valence-corrected chi connectivity index (χ2v) is 5.62. The number of guanidine groups is 1. The molecule has 0 heterocycles. The van der Waals surface area contributed by atoms with Crippen molar-refractivity contribution in [1.29, 1.82) is 0 Å². The van der Waals surface area contributed by atoms with Gasteiger partial charge in [-0.2, -0.15) is 0 Å². The quantitative estimate of drug-likeness (QED) is 0.373. The van der Waals surface area contributed by atoms with E-state index in [2.05, 4.69) is 15.6 Å². The van der Waals surface area contributed by atoms with E-state index < -0.39 is 0 Å². The first-order valence-electron chi connectivity index (χ1n) is 8.76. The summed E-state index contributed by atoms with van der Waals surface area (Å²) in [6.45, 7) is 4.98. The Balaban J connectivity index is 1.68. The standard InChI is InChI=1S/C20H27N3O2/c1-2-21-20(23-14-12-17-8-6-9-18(24)16-17)22-13-7-15-25-19-10-4-3-5-11-19/h3-6,8-11,16,24H,2,7,12-15H2,1H3,(H2,21,22,23). The highest BCUT2D eigenvalue weighted by Gasteiger charge is 1.99. The molecule has 2 aromatic carbocycles. The van der Waals surface area contributed by atoms with Crippen LogP contribution in [-0.2, 0) is 6.42 Å². The van der Waals surface area contributed by atoms with E-state index in [1.807, 2.05) is 49.4 Å². The average Bonchev–Trinajstić information content (AvgIpc) is 2.62. The van der Waals surface area contributed by atoms with Crippen LogP contribution in [0.25, 0.3) is 0 Å². The zero-order valence-corrected chi connectivity index (χ0v) is 14.7. The first kappa shape index (κ1) is 18.6. The highest BCUT2D eigenvalue weighted by atomic mass is 16.5. The van der Waals surface area contributed by atoms with Crippen LogP contribution < -0.4 is 15.4 Å². The van der Waals surface area contributed by atoms with Crippen LogP contribution in [0.5, 0.6) is 11.5 Å². The molecule has 0 saturated heterocycles. The lowest BCUT2D eigenvalue weighted by Crippen LogP contribution is -2.38. The van der Waals surface area contributed by atoms with E-state index in [0.29, 0.717) is 18.9 Å². The lowest BCUT2D eigenvalue weighted by molar-refractivity contribution is 0.313. The lowest BCUT2D eigenvalue weighted by atomic mass is 10.1. The lowest BCUT2D eigenvalue weighted by Gasteiger charge is -2.11. The number of rotatable bonds is 9. The molecule has 134 valence electrons. The van der Waals surface area contributed by atoms with Gasteiger partial charge in [0.1, 0.15) is 11.5 Å². The molecule has 0 aliphatic rings. The van der Waals surface area contributed by atoms with Crippen molar-refractivity contribution in [3.8, 4) is 11.5 Å². The molecule has 0 unspecified atom stereocenters. The maximum Gasteiger partial charge on any atom is 0.191 e. The Kier molecular flexibility index (Phi) is 8.18. The predicted molar refractivity (Wildman–Crippen MR) is 102 cm³/mol. The molecule has 0 spiro atoms. The van der Waals surface area contributed by atoms with E-state index in [1.165, 1.54) is 0 Å². The summed E-state index contributed by atoms with van der Waals surface area (Å²) in [5.74, 6) is 2.00. The van der Waals surface area contributed by atoms with Crippen LogP contribution in [0.3, 0.4) is 0 Å². The summed E-state index contributed by atoms with van der Waals surface area (Å²) in [7, 11) is 0. The van der Waals surface area contributed by atoms with E-state index in [4.69, 9.17) is 4.74 Å². The Morgan fingerprint density at radius 2 is 1.92 bits per heavy atom. The number of phenolic OH excluding ortho intramolecular Hbond substituents is 1. The number of para-hydroxylation sites is 1. The monoisotopic (exact) mass is 341 g/mol. The molecule has 0 aliphatic heterocycles. The molecule has 0 saturated carbocycles. The fraction of sp³-hybridized carbons (Fsp3) is 0.350. The molecule has 0 radical (unpaired) electrons. The third-order valence-electron chi connectivity index (χ3n) is 3.55. The molecule has 2 rings (SSSR count). The van der Waals surface area contributed by atoms with Gasteiger partial charge in [0.15, 0.2) is 5.96 Å². The fourth-order valence-electron chi connectivity index (χ4n) is 2.34. The van der Waals surface area contributed by atoms with Crippen molar-refractivity contribution < 1.29 is 9.84 Å². The number of aromatic hydroxyl groups is 1. The Bertz CT molecular complexity index is 644. The number of phenols is 1. The summed E-state index contributed by atoms with van der Waals surface area (Å²) in [6, 6.07) is 17.1. The van der Waals surface area contributed by atoms with Crippen molar-refractivity contribution in [3.05, 3.63) is 60.2 Å². The second-order valence-electron chi connectivity index (χ2n) is 5.62. The topological polar surface area (TPSA) is 65.9 Å². The molecule has 0 amide bonds. The highest BCUT2D eigenvalue weighted by Crippen LogP contribution is 2.11. The van der Waals surface area contributed by atoms with Crippen molar-refractivity contribution >= 4 is 5.96 Å². The van der Waals surface area contributed by atoms with Gasteiger partial charge >= 0.3 is 0 Å². The summed E-state index contributed by atoms with van der Waals surface area (Å²) < 4.78 is 5.66. The van der Waals surface area contributed by atoms with Crippen LogP contribution in [0.15, 0.2) is 59.6 Å². The van der Waals surface area contributed by atoms with Gasteiger partial charge in [0.05, 0.1) is 6.61 Å². The van der Waals surface area contributed by atoms with Crippen LogP contribution in [0, 0.1) is 0 Å². The van der Waals surface area contributed by atoms with Crippen LogP contribution in [0.4, 0.5) is 0 Å². The van der Waals surface area contributed by atoms with Gasteiger partial charge in [-0.3, -0.25) is 4.99 Å². The van der Waals surface area contributed by atoms with Gasteiger partial charge in [-0.05, 0) is 43.2 Å². The molecular weight excluding hydrogens is 314 g/mol. The molecule has 0 fully saturated rings. The Hall–Kier alpha value is -2.69. The normalized spacial score (nSPS) is 11.2. The van der Waals surface area contributed by atoms with Crippen molar-refractivity contribution in [1.82, 2.24) is 10.6 Å². The van der Waals surface area contributed by atoms with Crippen molar-refractivity contribution in [2.24, 2.45) is 4.99 Å². The molecular formula is C20H27N3O2. The summed E-state index contributed by atoms with van der Waals surface area (Å²) in [5.41, 5.74) is 1.10. The predicted octanol–water partition coefficient (Wildman–Crippen LogP) is 2.96. The number of nitrogens with zero attached hydrogens (tertiary/aromatic N) is 1. The SMILES string of the molecule is CCNC(=NCCCOc1ccccc1)NCCc1cccc(O)c1. The number of benzene rings is 2. The third-order valence-corrected chi connectivity index (χ3v) is 3.55. The second kappa shape index (κ2) is 11.0. The van der Waals surface area contributed by atoms with Gasteiger partial charge < -0.3 is 20.5 Å². The minimum absolute atomic E-state index is 0.302. The smallest absolute Gasteiger partial charge is 0.191 e. The largest absolute Gasteiger partial charge is 0.508 e. The zero-order chi connectivity index (χ0) is 17.7. The summed E-state index contributed by atoms with van der Waals surface area (Å²) in [4.78, 5) is 4.56. The van der Waals surface area contributed by atoms with E-state index in [0.717, 1.165) is 43.2 Å². The van der Waals surface area contributed by atoms with Crippen molar-refractivity contribution in [3.63, 3.8) is 0 Å². The maximum absolute atomic E-state index is 9.49. The molecule has 3 N–H and O–H groups in total. The van der Waals surface area contributed by atoms with Gasteiger partial charge in [0, 0.05) is 26.1 Å². The van der Waals surface area contributed by atoms with Crippen molar-refractivity contribution in [2.45, 2.75) is 19.8 Å². The number of nitrogens with one attached hydrogen (secondary N) is 2. The van der Waals surface area contributed by atoms with E-state index in [1.54, 1.807) is 12.1 Å². The highest BCUT2D eigenvalue weighted by molar-refractivity contribution is 5.79. The first-order chi connectivity index (χ1) is 12.3. The fourth-order valence-corrected chi connectivity index (χ4v) is 2.34. The van der Waals surface area contributed by atoms with Crippen LogP contribution >= 0.6 is 0 Å². The zero-order valence-electron chi connectivity index (χ0n) is 14.7. The molecule has 5 nitrogen and oxygen atoms in total. The van der Waals surface area contributed by atoms with Crippen LogP contribution in [0.1, 0.15) is 18.9 Å². The number of hydrogen-bond donors (Lipinski definition) is 3. The third kappa shape index (κ3) is 7.61. The van der Waals surface area contributed by atoms with Gasteiger partial charge in [-0.1, -0.05) is 30.3 Å². The average molecular weight is 341 g/mol. The van der Waals surface area contributed by atoms with Gasteiger partial charge in [0.25, 0.3) is 0 Å². The number of hydrogen-bond acceptors (Lipinski definition) is 3. The van der Waals surface area contributed by atoms with E-state index >= 15 is 0 Å². The van der Waals surface area contributed by atoms with Crippen LogP contribution in [-0.4, -0.2) is 37.3 Å². The summed E-state index contributed by atoms with van der Waals surface area (Å²) >= 11 is 0. The number of aliphatic imine (C=N–C) groups is 1. The minimum atomic E-state index is 0.302. The maximum atomic E-state index is 9.49. The summed E-state index contributed by atoms with van der Waals surface area (Å²) in [6.07, 6.45) is 1.69. The first-order valence-corrected chi connectivity index (χ1v) is 8.76. The molecule has 0 bridgehead atoms. The van der Waals surface area contributed by atoms with Crippen LogP contribution in [0.2, 0.25) is 0 Å². The van der Waals surface area contributed by atoms with Gasteiger partial charge in [0.2, 0.25) is 0 Å². The van der Waals surface area contributed by atoms with Gasteiger partial charge in [-0.25, -0.2) is 0 Å². The molecule has 5 heteroatoms. The molecule has 2 aromatic rings. The molecule has 0 aliphatic carbocycles.